The topological polar surface area (TPSA) is 81.4 Å². The Morgan fingerprint density at radius 2 is 1.94 bits per heavy atom. The molecule has 0 radical (unpaired) electrons. The van der Waals surface area contributed by atoms with E-state index in [0.717, 1.165) is 32.5 Å². The Morgan fingerprint density at radius 1 is 1.41 bits per heavy atom. The van der Waals surface area contributed by atoms with Gasteiger partial charge < -0.3 is 4.74 Å². The van der Waals surface area contributed by atoms with Crippen LogP contribution in [0.2, 0.25) is 0 Å². The molecule has 0 spiro atoms. The SMILES string of the molecule is CC(C)(C(CC1CCOCC1)NN)S(C)(=O)=O. The number of hydrogen-bond acceptors (Lipinski definition) is 5. The summed E-state index contributed by atoms with van der Waals surface area (Å²) in [5, 5.41) is 0. The average molecular weight is 264 g/mol. The van der Waals surface area contributed by atoms with E-state index in [1.54, 1.807) is 13.8 Å². The third-order valence-corrected chi connectivity index (χ3v) is 6.10. The van der Waals surface area contributed by atoms with Gasteiger partial charge in [-0.15, -0.1) is 0 Å². The van der Waals surface area contributed by atoms with Crippen molar-refractivity contribution in [3.8, 4) is 0 Å². The lowest BCUT2D eigenvalue weighted by Crippen LogP contribution is -2.54. The number of nitrogens with one attached hydrogen (secondary N) is 1. The van der Waals surface area contributed by atoms with Crippen LogP contribution >= 0.6 is 0 Å². The lowest BCUT2D eigenvalue weighted by Gasteiger charge is -2.35. The Hall–Kier alpha value is -0.170. The quantitative estimate of drug-likeness (QED) is 0.557. The predicted octanol–water partition coefficient (Wildman–Crippen LogP) is 0.458. The smallest absolute Gasteiger partial charge is 0.154 e. The zero-order chi connectivity index (χ0) is 13.1. The first kappa shape index (κ1) is 14.9. The largest absolute Gasteiger partial charge is 0.381 e. The first-order chi connectivity index (χ1) is 7.79. The number of ether oxygens (including phenoxy) is 1. The van der Waals surface area contributed by atoms with Crippen LogP contribution in [0.5, 0.6) is 0 Å². The van der Waals surface area contributed by atoms with E-state index in [2.05, 4.69) is 5.43 Å². The monoisotopic (exact) mass is 264 g/mol. The van der Waals surface area contributed by atoms with Gasteiger partial charge in [0.2, 0.25) is 0 Å². The number of hydrogen-bond donors (Lipinski definition) is 2. The molecule has 0 bridgehead atoms. The lowest BCUT2D eigenvalue weighted by molar-refractivity contribution is 0.0592. The summed E-state index contributed by atoms with van der Waals surface area (Å²) >= 11 is 0. The van der Waals surface area contributed by atoms with E-state index < -0.39 is 14.6 Å². The van der Waals surface area contributed by atoms with Crippen LogP contribution in [0.1, 0.15) is 33.1 Å². The molecule has 0 saturated carbocycles. The maximum absolute atomic E-state index is 11.8. The zero-order valence-corrected chi connectivity index (χ0v) is 11.7. The molecule has 1 aliphatic heterocycles. The molecule has 1 fully saturated rings. The van der Waals surface area contributed by atoms with Crippen molar-refractivity contribution in [2.75, 3.05) is 19.5 Å². The molecule has 0 aromatic carbocycles. The Morgan fingerprint density at radius 3 is 2.35 bits per heavy atom. The average Bonchev–Trinajstić information content (AvgIpc) is 2.25. The second-order valence-corrected chi connectivity index (χ2v) is 7.98. The molecule has 0 aromatic rings. The van der Waals surface area contributed by atoms with Crippen molar-refractivity contribution in [1.29, 1.82) is 0 Å². The summed E-state index contributed by atoms with van der Waals surface area (Å²) in [7, 11) is -3.14. The Kier molecular flexibility index (Phi) is 4.95. The van der Waals surface area contributed by atoms with Crippen molar-refractivity contribution in [2.45, 2.75) is 43.9 Å². The van der Waals surface area contributed by atoms with Crippen molar-refractivity contribution < 1.29 is 13.2 Å². The second kappa shape index (κ2) is 5.65. The molecule has 5 nitrogen and oxygen atoms in total. The fourth-order valence-electron chi connectivity index (χ4n) is 2.13. The zero-order valence-electron chi connectivity index (χ0n) is 10.9. The van der Waals surface area contributed by atoms with Gasteiger partial charge in [0.05, 0.1) is 4.75 Å². The number of nitrogens with two attached hydrogens (primary N) is 1. The van der Waals surface area contributed by atoms with Crippen molar-refractivity contribution >= 4 is 9.84 Å². The van der Waals surface area contributed by atoms with Crippen molar-refractivity contribution in [1.82, 2.24) is 5.43 Å². The Bertz CT molecular complexity index is 335. The predicted molar refractivity (Wildman–Crippen MR) is 68.2 cm³/mol. The van der Waals surface area contributed by atoms with Crippen LogP contribution in [0, 0.1) is 5.92 Å². The van der Waals surface area contributed by atoms with Gasteiger partial charge in [-0.25, -0.2) is 8.42 Å². The Balaban J connectivity index is 2.70. The van der Waals surface area contributed by atoms with Gasteiger partial charge in [0, 0.05) is 25.5 Å². The maximum Gasteiger partial charge on any atom is 0.154 e. The summed E-state index contributed by atoms with van der Waals surface area (Å²) < 4.78 is 28.0. The number of rotatable bonds is 5. The highest BCUT2D eigenvalue weighted by atomic mass is 32.2. The summed E-state index contributed by atoms with van der Waals surface area (Å²) in [5.74, 6) is 6.02. The van der Waals surface area contributed by atoms with E-state index in [1.807, 2.05) is 0 Å². The van der Waals surface area contributed by atoms with E-state index in [4.69, 9.17) is 10.6 Å². The minimum atomic E-state index is -3.14. The molecule has 0 aromatic heterocycles. The maximum atomic E-state index is 11.8. The first-order valence-corrected chi connectivity index (χ1v) is 7.91. The van der Waals surface area contributed by atoms with Crippen LogP contribution < -0.4 is 11.3 Å². The third-order valence-electron chi connectivity index (χ3n) is 3.91. The third kappa shape index (κ3) is 3.64. The van der Waals surface area contributed by atoms with Crippen LogP contribution in [0.3, 0.4) is 0 Å². The molecular formula is C11H24N2O3S. The van der Waals surface area contributed by atoms with Crippen LogP contribution in [0.15, 0.2) is 0 Å². The molecule has 0 amide bonds. The molecule has 102 valence electrons. The van der Waals surface area contributed by atoms with E-state index in [9.17, 15) is 8.42 Å². The van der Waals surface area contributed by atoms with Gasteiger partial charge >= 0.3 is 0 Å². The van der Waals surface area contributed by atoms with E-state index in [0.29, 0.717) is 5.92 Å². The second-order valence-electron chi connectivity index (χ2n) is 5.39. The normalized spacial score (nSPS) is 21.4. The van der Waals surface area contributed by atoms with Gasteiger partial charge in [-0.1, -0.05) is 0 Å². The molecule has 1 atom stereocenters. The van der Waals surface area contributed by atoms with Crippen LogP contribution in [0.4, 0.5) is 0 Å². The highest BCUT2D eigenvalue weighted by Crippen LogP contribution is 2.28. The molecule has 1 unspecified atom stereocenters. The molecular weight excluding hydrogens is 240 g/mol. The van der Waals surface area contributed by atoms with E-state index in [-0.39, 0.29) is 6.04 Å². The molecule has 1 heterocycles. The van der Waals surface area contributed by atoms with Gasteiger partial charge in [0.15, 0.2) is 9.84 Å². The van der Waals surface area contributed by atoms with Crippen molar-refractivity contribution in [2.24, 2.45) is 11.8 Å². The number of sulfone groups is 1. The minimum Gasteiger partial charge on any atom is -0.381 e. The van der Waals surface area contributed by atoms with Crippen LogP contribution in [-0.4, -0.2) is 38.7 Å². The number of hydrazine groups is 1. The molecule has 0 aliphatic carbocycles. The van der Waals surface area contributed by atoms with Crippen LogP contribution in [0.25, 0.3) is 0 Å². The van der Waals surface area contributed by atoms with Crippen molar-refractivity contribution in [3.63, 3.8) is 0 Å². The highest BCUT2D eigenvalue weighted by Gasteiger charge is 2.39. The van der Waals surface area contributed by atoms with Gasteiger partial charge in [-0.05, 0) is 39.0 Å². The lowest BCUT2D eigenvalue weighted by atomic mass is 9.88. The van der Waals surface area contributed by atoms with Gasteiger partial charge in [0.25, 0.3) is 0 Å². The summed E-state index contributed by atoms with van der Waals surface area (Å²) in [4.78, 5) is 0. The molecule has 1 aliphatic rings. The summed E-state index contributed by atoms with van der Waals surface area (Å²) in [5.41, 5.74) is 2.68. The van der Waals surface area contributed by atoms with E-state index >= 15 is 0 Å². The molecule has 1 rings (SSSR count). The first-order valence-electron chi connectivity index (χ1n) is 6.02. The fraction of sp³-hybridized carbons (Fsp3) is 1.00. The molecule has 6 heteroatoms. The highest BCUT2D eigenvalue weighted by molar-refractivity contribution is 7.92. The fourth-order valence-corrected chi connectivity index (χ4v) is 2.81. The Labute approximate surface area is 104 Å². The standard InChI is InChI=1S/C11H24N2O3S/c1-11(2,17(3,14)15)10(13-12)8-9-4-6-16-7-5-9/h9-10,13H,4-8,12H2,1-3H3. The molecule has 1 saturated heterocycles. The van der Waals surface area contributed by atoms with Gasteiger partial charge in [0.1, 0.15) is 0 Å². The van der Waals surface area contributed by atoms with Gasteiger partial charge in [-0.2, -0.15) is 0 Å². The van der Waals surface area contributed by atoms with E-state index in [1.165, 1.54) is 6.26 Å². The minimum absolute atomic E-state index is 0.222. The molecule has 17 heavy (non-hydrogen) atoms. The molecule has 3 N–H and O–H groups in total. The van der Waals surface area contributed by atoms with Crippen LogP contribution in [-0.2, 0) is 14.6 Å². The summed E-state index contributed by atoms with van der Waals surface area (Å²) in [6.45, 7) is 4.99. The van der Waals surface area contributed by atoms with Crippen molar-refractivity contribution in [3.05, 3.63) is 0 Å². The summed E-state index contributed by atoms with van der Waals surface area (Å²) in [6, 6.07) is -0.222. The summed E-state index contributed by atoms with van der Waals surface area (Å²) in [6.07, 6.45) is 4.01. The van der Waals surface area contributed by atoms with Gasteiger partial charge in [-0.3, -0.25) is 11.3 Å².